The lowest BCUT2D eigenvalue weighted by Gasteiger charge is -2.16. The number of nitrogens with one attached hydrogen (secondary N) is 2. The third kappa shape index (κ3) is 4.88. The van der Waals surface area contributed by atoms with Crippen molar-refractivity contribution in [2.24, 2.45) is 0 Å². The van der Waals surface area contributed by atoms with Gasteiger partial charge in [0, 0.05) is 5.69 Å². The van der Waals surface area contributed by atoms with Gasteiger partial charge in [-0.05, 0) is 30.7 Å². The molecule has 0 radical (unpaired) electrons. The van der Waals surface area contributed by atoms with E-state index in [4.69, 9.17) is 0 Å². The van der Waals surface area contributed by atoms with Crippen LogP contribution in [0.5, 0.6) is 0 Å². The number of halogens is 3. The van der Waals surface area contributed by atoms with E-state index in [-0.39, 0.29) is 5.69 Å². The molecule has 27 heavy (non-hydrogen) atoms. The number of anilines is 1. The Balaban J connectivity index is 1.85. The van der Waals surface area contributed by atoms with E-state index in [1.54, 1.807) is 31.2 Å². The second kappa shape index (κ2) is 7.83. The first-order valence-corrected chi connectivity index (χ1v) is 8.79. The van der Waals surface area contributed by atoms with Crippen molar-refractivity contribution in [2.75, 3.05) is 5.32 Å². The molecule has 3 aromatic rings. The number of aromatic nitrogens is 3. The van der Waals surface area contributed by atoms with Crippen LogP contribution in [0.1, 0.15) is 22.2 Å². The molecule has 0 aliphatic rings. The minimum Gasteiger partial charge on any atom is -0.325 e. The first kappa shape index (κ1) is 19.0. The Hall–Kier alpha value is -2.81. The fourth-order valence-electron chi connectivity index (χ4n) is 2.36. The predicted molar refractivity (Wildman–Crippen MR) is 96.2 cm³/mol. The highest BCUT2D eigenvalue weighted by Crippen LogP contribution is 2.35. The fraction of sp³-hybridized carbons (Fsp3) is 0.167. The summed E-state index contributed by atoms with van der Waals surface area (Å²) in [4.78, 5) is 17.0. The molecular formula is C18H15F3N4OS. The minimum atomic E-state index is -4.48. The Morgan fingerprint density at radius 3 is 2.52 bits per heavy atom. The first-order chi connectivity index (χ1) is 12.8. The van der Waals surface area contributed by atoms with E-state index in [0.717, 1.165) is 23.9 Å². The van der Waals surface area contributed by atoms with E-state index in [1.807, 2.05) is 6.07 Å². The molecule has 3 rings (SSSR count). The summed E-state index contributed by atoms with van der Waals surface area (Å²) < 4.78 is 38.6. The number of hydrogen-bond acceptors (Lipinski definition) is 4. The molecule has 0 saturated heterocycles. The number of rotatable bonds is 5. The number of H-pyrrole nitrogens is 1. The van der Waals surface area contributed by atoms with Crippen molar-refractivity contribution in [3.63, 3.8) is 0 Å². The summed E-state index contributed by atoms with van der Waals surface area (Å²) in [5, 5.41) is 8.92. The first-order valence-electron chi connectivity index (χ1n) is 7.91. The zero-order chi connectivity index (χ0) is 19.4. The fourth-order valence-corrected chi connectivity index (χ4v) is 3.32. The van der Waals surface area contributed by atoms with Crippen molar-refractivity contribution in [1.82, 2.24) is 15.2 Å². The molecule has 140 valence electrons. The van der Waals surface area contributed by atoms with Crippen LogP contribution in [0, 0.1) is 6.92 Å². The second-order valence-corrected chi connectivity index (χ2v) is 6.75. The van der Waals surface area contributed by atoms with Crippen molar-refractivity contribution in [1.29, 1.82) is 0 Å². The van der Waals surface area contributed by atoms with E-state index in [2.05, 4.69) is 20.5 Å². The topological polar surface area (TPSA) is 70.7 Å². The summed E-state index contributed by atoms with van der Waals surface area (Å²) in [5.74, 6) is 0.135. The van der Waals surface area contributed by atoms with Crippen LogP contribution in [-0.2, 0) is 11.0 Å². The van der Waals surface area contributed by atoms with E-state index < -0.39 is 22.9 Å². The van der Waals surface area contributed by atoms with E-state index in [9.17, 15) is 18.0 Å². The molecule has 1 amide bonds. The molecule has 9 heteroatoms. The third-order valence-corrected chi connectivity index (χ3v) is 4.71. The Labute approximate surface area is 157 Å². The van der Waals surface area contributed by atoms with Gasteiger partial charge in [0.2, 0.25) is 11.1 Å². The van der Waals surface area contributed by atoms with Crippen molar-refractivity contribution in [2.45, 2.75) is 23.5 Å². The van der Waals surface area contributed by atoms with Gasteiger partial charge in [-0.1, -0.05) is 48.2 Å². The number of benzene rings is 2. The van der Waals surface area contributed by atoms with Crippen LogP contribution >= 0.6 is 11.8 Å². The van der Waals surface area contributed by atoms with E-state index in [0.29, 0.717) is 16.5 Å². The lowest BCUT2D eigenvalue weighted by atomic mass is 10.1. The SMILES string of the molecule is Cc1nc(S[C@@H](C(=O)Nc2cccc(C(F)(F)F)c2)c2ccccc2)n[nH]1. The van der Waals surface area contributed by atoms with Gasteiger partial charge in [0.15, 0.2) is 0 Å². The van der Waals surface area contributed by atoms with Crippen LogP contribution in [-0.4, -0.2) is 21.1 Å². The zero-order valence-electron chi connectivity index (χ0n) is 14.1. The van der Waals surface area contributed by atoms with Gasteiger partial charge in [-0.2, -0.15) is 13.2 Å². The number of amides is 1. The van der Waals surface area contributed by atoms with Gasteiger partial charge in [-0.3, -0.25) is 9.89 Å². The molecule has 2 N–H and O–H groups in total. The largest absolute Gasteiger partial charge is 0.416 e. The number of aromatic amines is 1. The quantitative estimate of drug-likeness (QED) is 0.623. The molecule has 0 saturated carbocycles. The van der Waals surface area contributed by atoms with Gasteiger partial charge in [0.25, 0.3) is 0 Å². The van der Waals surface area contributed by atoms with Crippen LogP contribution in [0.4, 0.5) is 18.9 Å². The summed E-state index contributed by atoms with van der Waals surface area (Å²) >= 11 is 1.11. The van der Waals surface area contributed by atoms with Crippen molar-refractivity contribution in [3.8, 4) is 0 Å². The smallest absolute Gasteiger partial charge is 0.325 e. The number of carbonyl (C=O) groups excluding carboxylic acids is 1. The molecule has 0 unspecified atom stereocenters. The maximum Gasteiger partial charge on any atom is 0.416 e. The summed E-state index contributed by atoms with van der Waals surface area (Å²) in [6, 6.07) is 13.4. The van der Waals surface area contributed by atoms with Gasteiger partial charge in [0.1, 0.15) is 11.1 Å². The summed E-state index contributed by atoms with van der Waals surface area (Å²) in [6.45, 7) is 1.73. The number of aryl methyl sites for hydroxylation is 1. The Bertz CT molecular complexity index is 928. The maximum absolute atomic E-state index is 12.9. The Morgan fingerprint density at radius 2 is 1.89 bits per heavy atom. The van der Waals surface area contributed by atoms with Crippen LogP contribution in [0.25, 0.3) is 0 Å². The lowest BCUT2D eigenvalue weighted by Crippen LogP contribution is -2.19. The summed E-state index contributed by atoms with van der Waals surface area (Å²) in [7, 11) is 0. The normalized spacial score (nSPS) is 12.6. The van der Waals surface area contributed by atoms with Crippen LogP contribution in [0.3, 0.4) is 0 Å². The number of thioether (sulfide) groups is 1. The maximum atomic E-state index is 12.9. The monoisotopic (exact) mass is 392 g/mol. The van der Waals surface area contributed by atoms with E-state index in [1.165, 1.54) is 12.1 Å². The van der Waals surface area contributed by atoms with Gasteiger partial charge >= 0.3 is 6.18 Å². The molecule has 2 aromatic carbocycles. The standard InChI is InChI=1S/C18H15F3N4OS/c1-11-22-17(25-24-11)27-15(12-6-3-2-4-7-12)16(26)23-14-9-5-8-13(10-14)18(19,20)21/h2-10,15H,1H3,(H,23,26)(H,22,24,25)/t15-/m1/s1. The molecule has 0 spiro atoms. The Morgan fingerprint density at radius 1 is 1.15 bits per heavy atom. The second-order valence-electron chi connectivity index (χ2n) is 5.68. The predicted octanol–water partition coefficient (Wildman–Crippen LogP) is 4.60. The summed E-state index contributed by atoms with van der Waals surface area (Å²) in [5.41, 5.74) is -0.0641. The Kier molecular flexibility index (Phi) is 5.50. The minimum absolute atomic E-state index is 0.0718. The van der Waals surface area contributed by atoms with Gasteiger partial charge in [0.05, 0.1) is 5.56 Å². The molecule has 1 heterocycles. The highest BCUT2D eigenvalue weighted by atomic mass is 32.2. The number of alkyl halides is 3. The van der Waals surface area contributed by atoms with Crippen molar-refractivity contribution >= 4 is 23.4 Å². The van der Waals surface area contributed by atoms with Gasteiger partial charge < -0.3 is 5.32 Å². The molecule has 0 aliphatic carbocycles. The van der Waals surface area contributed by atoms with E-state index >= 15 is 0 Å². The van der Waals surface area contributed by atoms with Crippen LogP contribution in [0.2, 0.25) is 0 Å². The molecular weight excluding hydrogens is 377 g/mol. The lowest BCUT2D eigenvalue weighted by molar-refractivity contribution is -0.137. The van der Waals surface area contributed by atoms with Gasteiger partial charge in [-0.15, -0.1) is 5.10 Å². The number of hydrogen-bond donors (Lipinski definition) is 2. The number of carbonyl (C=O) groups is 1. The average Bonchev–Trinajstić information content (AvgIpc) is 3.05. The van der Waals surface area contributed by atoms with Gasteiger partial charge in [-0.25, -0.2) is 4.98 Å². The third-order valence-electron chi connectivity index (χ3n) is 3.60. The molecule has 1 atom stereocenters. The molecule has 1 aromatic heterocycles. The molecule has 5 nitrogen and oxygen atoms in total. The highest BCUT2D eigenvalue weighted by molar-refractivity contribution is 8.00. The van der Waals surface area contributed by atoms with Crippen molar-refractivity contribution < 1.29 is 18.0 Å². The van der Waals surface area contributed by atoms with Crippen molar-refractivity contribution in [3.05, 3.63) is 71.5 Å². The highest BCUT2D eigenvalue weighted by Gasteiger charge is 2.31. The average molecular weight is 392 g/mol. The molecule has 0 aliphatic heterocycles. The molecule has 0 fully saturated rings. The van der Waals surface area contributed by atoms with Crippen LogP contribution < -0.4 is 5.32 Å². The summed E-state index contributed by atoms with van der Waals surface area (Å²) in [6.07, 6.45) is -4.48. The zero-order valence-corrected chi connectivity index (χ0v) is 14.9. The number of nitrogens with zero attached hydrogens (tertiary/aromatic N) is 2. The van der Waals surface area contributed by atoms with Crippen LogP contribution in [0.15, 0.2) is 59.8 Å². The molecule has 0 bridgehead atoms.